The molecule has 48 heavy (non-hydrogen) atoms. The fraction of sp³-hybridized carbons (Fsp3) is 0.231. The topological polar surface area (TPSA) is 35.6 Å². The van der Waals surface area contributed by atoms with E-state index < -0.39 is 39.5 Å². The summed E-state index contributed by atoms with van der Waals surface area (Å²) in [6.45, 7) is 11.3. The molecular weight excluding hydrogens is 796 g/mol. The van der Waals surface area contributed by atoms with Crippen molar-refractivity contribution >= 4 is 0 Å². The van der Waals surface area contributed by atoms with Crippen LogP contribution in [0.3, 0.4) is 0 Å². The Hall–Kier alpha value is -4.29. The minimum Gasteiger partial charge on any atom is -0.284 e. The van der Waals surface area contributed by atoms with Gasteiger partial charge in [-0.25, -0.2) is 0 Å². The number of halogens is 4. The quantitative estimate of drug-likeness (QED) is 0.129. The van der Waals surface area contributed by atoms with Gasteiger partial charge >= 0.3 is 21.1 Å². The molecule has 0 saturated heterocycles. The Morgan fingerprint density at radius 1 is 0.542 bits per heavy atom. The van der Waals surface area contributed by atoms with Crippen molar-refractivity contribution in [2.75, 3.05) is 0 Å². The normalized spacial score (nSPS) is 15.6. The van der Waals surface area contributed by atoms with Gasteiger partial charge < -0.3 is 0 Å². The molecule has 4 nitrogen and oxygen atoms in total. The van der Waals surface area contributed by atoms with Crippen molar-refractivity contribution in [2.24, 2.45) is 0 Å². The molecule has 0 radical (unpaired) electrons. The molecular formula is C39H32F4N4Pt. The SMILES string of the molecule is CC1(C)c2[c-]c(c(F)cc2F)-n2cc(-c3ccccc3)c(n2)C(C)(C)C(C)(C)c2nn(cc2-c2ccccc2)-c2[c-]c1c(F)cc2F.[Pt+2]. The van der Waals surface area contributed by atoms with E-state index in [1.165, 1.54) is 9.36 Å². The number of benzene rings is 4. The molecule has 6 aromatic rings. The van der Waals surface area contributed by atoms with E-state index in [1.807, 2.05) is 88.4 Å². The van der Waals surface area contributed by atoms with E-state index in [0.717, 1.165) is 34.4 Å². The zero-order chi connectivity index (χ0) is 33.5. The van der Waals surface area contributed by atoms with Crippen molar-refractivity contribution in [1.82, 2.24) is 19.6 Å². The summed E-state index contributed by atoms with van der Waals surface area (Å²) in [5.41, 5.74) is 0.910. The van der Waals surface area contributed by atoms with Crippen LogP contribution in [-0.4, -0.2) is 19.6 Å². The van der Waals surface area contributed by atoms with Gasteiger partial charge in [0.2, 0.25) is 0 Å². The molecule has 9 heteroatoms. The fourth-order valence-corrected chi connectivity index (χ4v) is 6.50. The molecule has 1 aliphatic heterocycles. The predicted octanol–water partition coefficient (Wildman–Crippen LogP) is 9.44. The Balaban J connectivity index is 0.00000401. The second kappa shape index (κ2) is 11.7. The van der Waals surface area contributed by atoms with Gasteiger partial charge in [-0.05, 0) is 27.9 Å². The molecule has 0 unspecified atom stereocenters. The number of aromatic nitrogens is 4. The number of hydrogen-bond donors (Lipinski definition) is 0. The molecule has 0 spiro atoms. The van der Waals surface area contributed by atoms with Crippen molar-refractivity contribution in [1.29, 1.82) is 0 Å². The van der Waals surface area contributed by atoms with Crippen molar-refractivity contribution in [3.05, 3.63) is 143 Å². The summed E-state index contributed by atoms with van der Waals surface area (Å²) in [5.74, 6) is -3.62. The van der Waals surface area contributed by atoms with Crippen LogP contribution in [0, 0.1) is 35.4 Å². The number of nitrogens with zero attached hydrogens (tertiary/aromatic N) is 4. The van der Waals surface area contributed by atoms with E-state index in [2.05, 4.69) is 12.1 Å². The third-order valence-corrected chi connectivity index (χ3v) is 9.98. The summed E-state index contributed by atoms with van der Waals surface area (Å²) >= 11 is 0. The standard InChI is InChI=1S/C39H32F4N4.Pt/c1-37(2)27-17-33(31(42)19-29(27)40)46-21-25(23-13-9-7-10-14-23)35(44-46)38(3,4)39(5,6)36-26(24-15-11-8-12-16-24)22-47(45-36)34-18-28(37)30(41)20-32(34)43;/h7-16,19-22H,1-6H3;/q-2;+2. The Kier molecular flexibility index (Phi) is 8.19. The Morgan fingerprint density at radius 3 is 1.25 bits per heavy atom. The van der Waals surface area contributed by atoms with Crippen LogP contribution in [0.25, 0.3) is 33.6 Å². The zero-order valence-electron chi connectivity index (χ0n) is 27.2. The van der Waals surface area contributed by atoms with Gasteiger partial charge in [-0.1, -0.05) is 102 Å². The molecule has 3 heterocycles. The molecule has 4 aromatic carbocycles. The molecule has 7 rings (SSSR count). The molecule has 0 saturated carbocycles. The first-order valence-electron chi connectivity index (χ1n) is 15.4. The predicted molar refractivity (Wildman–Crippen MR) is 174 cm³/mol. The summed E-state index contributed by atoms with van der Waals surface area (Å²) in [6, 6.07) is 26.6. The van der Waals surface area contributed by atoms with Crippen LogP contribution >= 0.6 is 0 Å². The van der Waals surface area contributed by atoms with E-state index in [9.17, 15) is 0 Å². The van der Waals surface area contributed by atoms with Crippen LogP contribution in [-0.2, 0) is 37.3 Å². The van der Waals surface area contributed by atoms with Crippen LogP contribution in [0.4, 0.5) is 17.6 Å². The maximum atomic E-state index is 15.7. The van der Waals surface area contributed by atoms with Crippen LogP contribution in [0.2, 0.25) is 0 Å². The average Bonchev–Trinajstić information content (AvgIpc) is 3.68. The van der Waals surface area contributed by atoms with E-state index in [1.54, 1.807) is 26.2 Å². The van der Waals surface area contributed by atoms with Crippen molar-refractivity contribution in [3.8, 4) is 33.6 Å². The summed E-state index contributed by atoms with van der Waals surface area (Å²) in [6.07, 6.45) is 3.44. The van der Waals surface area contributed by atoms with Gasteiger partial charge in [0.05, 0.1) is 11.4 Å². The molecule has 0 N–H and O–H groups in total. The third kappa shape index (κ3) is 5.07. The van der Waals surface area contributed by atoms with E-state index in [-0.39, 0.29) is 43.6 Å². The van der Waals surface area contributed by atoms with E-state index in [0.29, 0.717) is 11.4 Å². The van der Waals surface area contributed by atoms with Crippen LogP contribution in [0.1, 0.15) is 64.1 Å². The maximum absolute atomic E-state index is 15.7. The smallest absolute Gasteiger partial charge is 0.284 e. The summed E-state index contributed by atoms with van der Waals surface area (Å²) < 4.78 is 65.5. The molecule has 8 bridgehead atoms. The Bertz CT molecular complexity index is 2010. The minimum absolute atomic E-state index is 0. The van der Waals surface area contributed by atoms with Gasteiger partial charge in [0.15, 0.2) is 0 Å². The van der Waals surface area contributed by atoms with Crippen molar-refractivity contribution < 1.29 is 38.6 Å². The summed E-state index contributed by atoms with van der Waals surface area (Å²) in [7, 11) is 0. The fourth-order valence-electron chi connectivity index (χ4n) is 6.50. The van der Waals surface area contributed by atoms with Gasteiger partial charge in [0, 0.05) is 57.6 Å². The largest absolute Gasteiger partial charge is 2.00 e. The molecule has 0 fully saturated rings. The first-order chi connectivity index (χ1) is 22.2. The van der Waals surface area contributed by atoms with Crippen LogP contribution in [0.15, 0.2) is 85.2 Å². The maximum Gasteiger partial charge on any atom is 2.00 e. The van der Waals surface area contributed by atoms with Gasteiger partial charge in [0.1, 0.15) is 0 Å². The minimum atomic E-state index is -1.46. The second-order valence-electron chi connectivity index (χ2n) is 13.7. The van der Waals surface area contributed by atoms with Gasteiger partial charge in [0.25, 0.3) is 0 Å². The van der Waals surface area contributed by atoms with Crippen LogP contribution < -0.4 is 0 Å². The molecule has 2 aromatic heterocycles. The van der Waals surface area contributed by atoms with Crippen LogP contribution in [0.5, 0.6) is 0 Å². The Morgan fingerprint density at radius 2 is 0.896 bits per heavy atom. The zero-order valence-corrected chi connectivity index (χ0v) is 29.5. The summed E-state index contributed by atoms with van der Waals surface area (Å²) in [5, 5.41) is 9.98. The third-order valence-electron chi connectivity index (χ3n) is 9.98. The first kappa shape index (κ1) is 33.6. The van der Waals surface area contributed by atoms with E-state index >= 15 is 17.6 Å². The van der Waals surface area contributed by atoms with Crippen molar-refractivity contribution in [3.63, 3.8) is 0 Å². The molecule has 0 aliphatic carbocycles. The number of rotatable bonds is 2. The van der Waals surface area contributed by atoms with Gasteiger partial charge in [-0.15, -0.1) is 35.4 Å². The molecule has 0 atom stereocenters. The second-order valence-corrected chi connectivity index (χ2v) is 13.7. The van der Waals surface area contributed by atoms with Crippen molar-refractivity contribution in [2.45, 2.75) is 57.8 Å². The average molecular weight is 828 g/mol. The van der Waals surface area contributed by atoms with Gasteiger partial charge in [-0.2, -0.15) is 10.2 Å². The summed E-state index contributed by atoms with van der Waals surface area (Å²) in [4.78, 5) is 0. The molecule has 0 amide bonds. The monoisotopic (exact) mass is 827 g/mol. The van der Waals surface area contributed by atoms with Gasteiger partial charge in [-0.3, -0.25) is 26.9 Å². The number of hydrogen-bond acceptors (Lipinski definition) is 2. The first-order valence-corrected chi connectivity index (χ1v) is 15.4. The van der Waals surface area contributed by atoms with E-state index in [4.69, 9.17) is 10.2 Å². The Labute approximate surface area is 291 Å². The number of fused-ring (bicyclic) bond motifs is 10. The molecule has 246 valence electrons. The molecule has 1 aliphatic rings.